The molecule has 2 N–H and O–H groups in total. The van der Waals surface area contributed by atoms with Crippen LogP contribution in [0.1, 0.15) is 28.0 Å². The van der Waals surface area contributed by atoms with Crippen molar-refractivity contribution in [1.82, 2.24) is 19.8 Å². The SMILES string of the molecule is COc1cccc(C(=O)N2CCN(C(=O)CCc3c(C)[nH]c(=O)[nH]c3=O)CC2)c1. The molecule has 0 bridgehead atoms. The summed E-state index contributed by atoms with van der Waals surface area (Å²) >= 11 is 0. The van der Waals surface area contributed by atoms with E-state index in [-0.39, 0.29) is 24.7 Å². The van der Waals surface area contributed by atoms with E-state index in [1.807, 2.05) is 0 Å². The molecule has 1 saturated heterocycles. The molecule has 2 amide bonds. The fourth-order valence-corrected chi connectivity index (χ4v) is 3.41. The number of ether oxygens (including phenoxy) is 1. The second-order valence-electron chi connectivity index (χ2n) is 6.92. The van der Waals surface area contributed by atoms with E-state index >= 15 is 0 Å². The van der Waals surface area contributed by atoms with Gasteiger partial charge < -0.3 is 19.5 Å². The highest BCUT2D eigenvalue weighted by Crippen LogP contribution is 2.16. The summed E-state index contributed by atoms with van der Waals surface area (Å²) < 4.78 is 5.16. The van der Waals surface area contributed by atoms with Gasteiger partial charge in [-0.25, -0.2) is 4.79 Å². The number of H-pyrrole nitrogens is 2. The van der Waals surface area contributed by atoms with Crippen LogP contribution in [0.3, 0.4) is 0 Å². The normalized spacial score (nSPS) is 14.0. The van der Waals surface area contributed by atoms with E-state index in [1.165, 1.54) is 0 Å². The van der Waals surface area contributed by atoms with Crippen LogP contribution in [-0.2, 0) is 11.2 Å². The van der Waals surface area contributed by atoms with Gasteiger partial charge in [0.15, 0.2) is 0 Å². The van der Waals surface area contributed by atoms with Gasteiger partial charge in [0.25, 0.3) is 11.5 Å². The van der Waals surface area contributed by atoms with Gasteiger partial charge >= 0.3 is 5.69 Å². The van der Waals surface area contributed by atoms with Crippen LogP contribution in [0.4, 0.5) is 0 Å². The van der Waals surface area contributed by atoms with Gasteiger partial charge in [-0.1, -0.05) is 6.07 Å². The Morgan fingerprint density at radius 3 is 2.41 bits per heavy atom. The predicted molar refractivity (Wildman–Crippen MR) is 106 cm³/mol. The zero-order chi connectivity index (χ0) is 21.0. The summed E-state index contributed by atoms with van der Waals surface area (Å²) in [5.41, 5.74) is 0.411. The second kappa shape index (κ2) is 8.76. The number of methoxy groups -OCH3 is 1. The van der Waals surface area contributed by atoms with Crippen LogP contribution in [0.25, 0.3) is 0 Å². The minimum atomic E-state index is -0.556. The number of carbonyl (C=O) groups excluding carboxylic acids is 2. The molecule has 0 atom stereocenters. The van der Waals surface area contributed by atoms with Gasteiger partial charge in [-0.3, -0.25) is 19.4 Å². The number of hydrogen-bond donors (Lipinski definition) is 2. The molecule has 1 aliphatic heterocycles. The highest BCUT2D eigenvalue weighted by atomic mass is 16.5. The Hall–Kier alpha value is -3.36. The number of nitrogens with zero attached hydrogens (tertiary/aromatic N) is 2. The van der Waals surface area contributed by atoms with Crippen LogP contribution >= 0.6 is 0 Å². The number of carbonyl (C=O) groups is 2. The molecule has 9 nitrogen and oxygen atoms in total. The van der Waals surface area contributed by atoms with Crippen molar-refractivity contribution in [1.29, 1.82) is 0 Å². The van der Waals surface area contributed by atoms with E-state index in [9.17, 15) is 19.2 Å². The van der Waals surface area contributed by atoms with Crippen molar-refractivity contribution in [2.24, 2.45) is 0 Å². The van der Waals surface area contributed by atoms with Crippen LogP contribution in [0.15, 0.2) is 33.9 Å². The Labute approximate surface area is 167 Å². The molecule has 29 heavy (non-hydrogen) atoms. The van der Waals surface area contributed by atoms with Crippen molar-refractivity contribution >= 4 is 11.8 Å². The van der Waals surface area contributed by atoms with Crippen LogP contribution in [0.5, 0.6) is 5.75 Å². The lowest BCUT2D eigenvalue weighted by atomic mass is 10.1. The van der Waals surface area contributed by atoms with Crippen LogP contribution in [-0.4, -0.2) is 64.9 Å². The molecule has 2 aromatic rings. The molecule has 0 spiro atoms. The fourth-order valence-electron chi connectivity index (χ4n) is 3.41. The van der Waals surface area contributed by atoms with Gasteiger partial charge in [0.1, 0.15) is 5.75 Å². The minimum absolute atomic E-state index is 0.0801. The second-order valence-corrected chi connectivity index (χ2v) is 6.92. The van der Waals surface area contributed by atoms with E-state index in [0.717, 1.165) is 0 Å². The number of hydrogen-bond acceptors (Lipinski definition) is 5. The van der Waals surface area contributed by atoms with E-state index in [0.29, 0.717) is 48.7 Å². The molecule has 154 valence electrons. The summed E-state index contributed by atoms with van der Waals surface area (Å²) in [6, 6.07) is 6.99. The molecule has 0 unspecified atom stereocenters. The maximum absolute atomic E-state index is 12.7. The van der Waals surface area contributed by atoms with Crippen molar-refractivity contribution in [3.8, 4) is 5.75 Å². The molecular formula is C20H24N4O5. The largest absolute Gasteiger partial charge is 0.497 e. The van der Waals surface area contributed by atoms with Crippen molar-refractivity contribution in [2.45, 2.75) is 19.8 Å². The van der Waals surface area contributed by atoms with E-state index < -0.39 is 11.2 Å². The van der Waals surface area contributed by atoms with E-state index in [4.69, 9.17) is 4.74 Å². The summed E-state index contributed by atoms with van der Waals surface area (Å²) in [5, 5.41) is 0. The summed E-state index contributed by atoms with van der Waals surface area (Å²) in [6.45, 7) is 3.41. The van der Waals surface area contributed by atoms with Gasteiger partial charge in [0.2, 0.25) is 5.91 Å². The maximum Gasteiger partial charge on any atom is 0.325 e. The third-order valence-electron chi connectivity index (χ3n) is 5.08. The van der Waals surface area contributed by atoms with Crippen LogP contribution in [0.2, 0.25) is 0 Å². The first-order valence-electron chi connectivity index (χ1n) is 9.42. The number of nitrogens with one attached hydrogen (secondary N) is 2. The highest BCUT2D eigenvalue weighted by Gasteiger charge is 2.25. The van der Waals surface area contributed by atoms with E-state index in [2.05, 4.69) is 9.97 Å². The molecule has 1 aromatic carbocycles. The standard InChI is InChI=1S/C20H24N4O5/c1-13-16(18(26)22-20(28)21-13)6-7-17(25)23-8-10-24(11-9-23)19(27)14-4-3-5-15(12-14)29-2/h3-5,12H,6-11H2,1-2H3,(H2,21,22,26,28). The number of aromatic nitrogens is 2. The Balaban J connectivity index is 1.55. The van der Waals surface area contributed by atoms with Gasteiger partial charge in [0.05, 0.1) is 7.11 Å². The Morgan fingerprint density at radius 1 is 1.07 bits per heavy atom. The Kier molecular flexibility index (Phi) is 6.16. The number of benzene rings is 1. The van der Waals surface area contributed by atoms with Gasteiger partial charge in [0, 0.05) is 49.4 Å². The zero-order valence-corrected chi connectivity index (χ0v) is 16.5. The minimum Gasteiger partial charge on any atom is -0.497 e. The first-order valence-corrected chi connectivity index (χ1v) is 9.42. The summed E-state index contributed by atoms with van der Waals surface area (Å²) in [5.74, 6) is 0.451. The van der Waals surface area contributed by atoms with Gasteiger partial charge in [-0.15, -0.1) is 0 Å². The smallest absolute Gasteiger partial charge is 0.325 e. The molecule has 3 rings (SSSR count). The third-order valence-corrected chi connectivity index (χ3v) is 5.08. The average Bonchev–Trinajstić information content (AvgIpc) is 2.72. The molecular weight excluding hydrogens is 376 g/mol. The summed E-state index contributed by atoms with van der Waals surface area (Å²) in [6.07, 6.45) is 0.416. The van der Waals surface area contributed by atoms with Crippen molar-refractivity contribution in [3.05, 3.63) is 61.9 Å². The van der Waals surface area contributed by atoms with E-state index in [1.54, 1.807) is 48.1 Å². The molecule has 0 radical (unpaired) electrons. The molecule has 0 aliphatic carbocycles. The first kappa shape index (κ1) is 20.4. The zero-order valence-electron chi connectivity index (χ0n) is 16.5. The molecule has 2 heterocycles. The first-order chi connectivity index (χ1) is 13.9. The summed E-state index contributed by atoms with van der Waals surface area (Å²) in [7, 11) is 1.55. The van der Waals surface area contributed by atoms with Gasteiger partial charge in [-0.05, 0) is 31.5 Å². The Bertz CT molecular complexity index is 1020. The van der Waals surface area contributed by atoms with Crippen LogP contribution < -0.4 is 16.0 Å². The number of piperazine rings is 1. The molecule has 1 aromatic heterocycles. The lowest BCUT2D eigenvalue weighted by molar-refractivity contribution is -0.132. The van der Waals surface area contributed by atoms with Gasteiger partial charge in [-0.2, -0.15) is 0 Å². The lowest BCUT2D eigenvalue weighted by Crippen LogP contribution is -2.50. The topological polar surface area (TPSA) is 116 Å². The van der Waals surface area contributed by atoms with Crippen molar-refractivity contribution in [2.75, 3.05) is 33.3 Å². The van der Waals surface area contributed by atoms with Crippen LogP contribution in [0, 0.1) is 6.92 Å². The highest BCUT2D eigenvalue weighted by molar-refractivity contribution is 5.94. The predicted octanol–water partition coefficient (Wildman–Crippen LogP) is 0.297. The number of aryl methyl sites for hydroxylation is 1. The fraction of sp³-hybridized carbons (Fsp3) is 0.400. The summed E-state index contributed by atoms with van der Waals surface area (Å²) in [4.78, 5) is 56.4. The molecule has 0 saturated carbocycles. The quantitative estimate of drug-likeness (QED) is 0.749. The monoisotopic (exact) mass is 400 g/mol. The number of amides is 2. The average molecular weight is 400 g/mol. The maximum atomic E-state index is 12.7. The molecule has 9 heteroatoms. The number of rotatable bonds is 5. The molecule has 1 fully saturated rings. The lowest BCUT2D eigenvalue weighted by Gasteiger charge is -2.35. The van der Waals surface area contributed by atoms with Crippen molar-refractivity contribution < 1.29 is 14.3 Å². The number of aromatic amines is 2. The Morgan fingerprint density at radius 2 is 1.76 bits per heavy atom. The third kappa shape index (κ3) is 4.74. The van der Waals surface area contributed by atoms with Crippen molar-refractivity contribution in [3.63, 3.8) is 0 Å². The molecule has 1 aliphatic rings.